The molecule has 1 amide bonds. The van der Waals surface area contributed by atoms with Crippen molar-refractivity contribution in [1.82, 2.24) is 4.90 Å². The molecule has 2 unspecified atom stereocenters. The monoisotopic (exact) mass is 397 g/mol. The first-order chi connectivity index (χ1) is 13.3. The van der Waals surface area contributed by atoms with Gasteiger partial charge in [-0.1, -0.05) is 30.3 Å². The molecule has 1 saturated heterocycles. The number of nitrogens with zero attached hydrogens (tertiary/aromatic N) is 1. The molecular formula is C20H19F4NO3. The number of para-hydroxylation sites is 1. The van der Waals surface area contributed by atoms with Gasteiger partial charge >= 0.3 is 6.36 Å². The molecule has 1 heterocycles. The summed E-state index contributed by atoms with van der Waals surface area (Å²) in [5.74, 6) is -0.423. The number of benzene rings is 2. The maximum Gasteiger partial charge on any atom is 0.573 e. The van der Waals surface area contributed by atoms with Crippen molar-refractivity contribution in [3.63, 3.8) is 0 Å². The number of halogens is 4. The van der Waals surface area contributed by atoms with E-state index in [0.29, 0.717) is 23.5 Å². The van der Waals surface area contributed by atoms with Crippen LogP contribution in [0.5, 0.6) is 11.5 Å². The molecule has 0 N–H and O–H groups in total. The second-order valence-corrected chi connectivity index (χ2v) is 6.35. The van der Waals surface area contributed by atoms with Crippen molar-refractivity contribution in [2.75, 3.05) is 6.61 Å². The zero-order valence-corrected chi connectivity index (χ0v) is 15.1. The number of alkyl halides is 4. The normalized spacial score (nSPS) is 19.8. The first kappa shape index (κ1) is 20.0. The highest BCUT2D eigenvalue weighted by Crippen LogP contribution is 2.39. The Morgan fingerprint density at radius 1 is 1.11 bits per heavy atom. The molecule has 0 bridgehead atoms. The Labute approximate surface area is 159 Å². The highest BCUT2D eigenvalue weighted by Gasteiger charge is 2.41. The molecule has 28 heavy (non-hydrogen) atoms. The Morgan fingerprint density at radius 2 is 1.79 bits per heavy atom. The molecule has 0 radical (unpaired) electrons. The maximum atomic E-state index is 14.2. The molecule has 0 aliphatic carbocycles. The highest BCUT2D eigenvalue weighted by molar-refractivity contribution is 5.84. The molecule has 1 aliphatic rings. The Hall–Kier alpha value is -2.77. The van der Waals surface area contributed by atoms with E-state index in [0.717, 1.165) is 0 Å². The summed E-state index contributed by atoms with van der Waals surface area (Å²) in [6, 6.07) is 11.8. The van der Waals surface area contributed by atoms with Crippen LogP contribution in [0.4, 0.5) is 17.6 Å². The number of likely N-dealkylation sites (tertiary alicyclic amines) is 1. The van der Waals surface area contributed by atoms with Gasteiger partial charge < -0.3 is 14.4 Å². The summed E-state index contributed by atoms with van der Waals surface area (Å²) in [6.45, 7) is 2.32. The molecule has 1 aliphatic heterocycles. The fourth-order valence-electron chi connectivity index (χ4n) is 3.28. The number of amides is 1. The minimum Gasteiger partial charge on any atom is -0.494 e. The van der Waals surface area contributed by atoms with Gasteiger partial charge in [-0.15, -0.1) is 13.2 Å². The van der Waals surface area contributed by atoms with Crippen LogP contribution < -0.4 is 9.47 Å². The van der Waals surface area contributed by atoms with E-state index in [1.165, 1.54) is 29.2 Å². The first-order valence-corrected chi connectivity index (χ1v) is 8.79. The van der Waals surface area contributed by atoms with Crippen LogP contribution in [0.15, 0.2) is 48.5 Å². The van der Waals surface area contributed by atoms with Gasteiger partial charge in [-0.25, -0.2) is 4.39 Å². The fourth-order valence-corrected chi connectivity index (χ4v) is 3.28. The third-order valence-corrected chi connectivity index (χ3v) is 4.45. The first-order valence-electron chi connectivity index (χ1n) is 8.79. The summed E-state index contributed by atoms with van der Waals surface area (Å²) in [5.41, 5.74) is 1.27. The van der Waals surface area contributed by atoms with Crippen molar-refractivity contribution in [2.45, 2.75) is 38.5 Å². The van der Waals surface area contributed by atoms with Crippen LogP contribution in [0.1, 0.15) is 30.5 Å². The lowest BCUT2D eigenvalue weighted by molar-refractivity contribution is -0.274. The SMILES string of the molecule is CCOc1ccccc1C1CC(F)C(=O)N1Cc1ccc(OC(F)(F)F)cc1. The third kappa shape index (κ3) is 4.55. The van der Waals surface area contributed by atoms with E-state index in [1.807, 2.05) is 6.92 Å². The highest BCUT2D eigenvalue weighted by atomic mass is 19.4. The number of carbonyl (C=O) groups is 1. The lowest BCUT2D eigenvalue weighted by Gasteiger charge is -2.26. The minimum atomic E-state index is -4.78. The van der Waals surface area contributed by atoms with E-state index in [4.69, 9.17) is 4.74 Å². The van der Waals surface area contributed by atoms with Crippen molar-refractivity contribution in [3.8, 4) is 11.5 Å². The van der Waals surface area contributed by atoms with Gasteiger partial charge in [0.05, 0.1) is 12.6 Å². The molecule has 8 heteroatoms. The van der Waals surface area contributed by atoms with E-state index < -0.39 is 24.5 Å². The van der Waals surface area contributed by atoms with Gasteiger partial charge in [0.2, 0.25) is 0 Å². The molecular weight excluding hydrogens is 378 g/mol. The van der Waals surface area contributed by atoms with Gasteiger partial charge in [0, 0.05) is 18.5 Å². The van der Waals surface area contributed by atoms with E-state index >= 15 is 0 Å². The van der Waals surface area contributed by atoms with Crippen LogP contribution in [0, 0.1) is 0 Å². The standard InChI is InChI=1S/C20H19F4NO3/c1-2-27-18-6-4-3-5-15(18)17-11-16(21)19(26)25(17)12-13-7-9-14(10-8-13)28-20(22,23)24/h3-10,16-17H,2,11-12H2,1H3. The fraction of sp³-hybridized carbons (Fsp3) is 0.350. The molecule has 2 atom stereocenters. The molecule has 0 spiro atoms. The van der Waals surface area contributed by atoms with Gasteiger partial charge in [0.15, 0.2) is 6.17 Å². The van der Waals surface area contributed by atoms with E-state index in [1.54, 1.807) is 24.3 Å². The predicted molar refractivity (Wildman–Crippen MR) is 93.5 cm³/mol. The summed E-state index contributed by atoms with van der Waals surface area (Å²) in [5, 5.41) is 0. The second-order valence-electron chi connectivity index (χ2n) is 6.35. The second kappa shape index (κ2) is 8.08. The Bertz CT molecular complexity index is 823. The van der Waals surface area contributed by atoms with Gasteiger partial charge in [0.25, 0.3) is 5.91 Å². The van der Waals surface area contributed by atoms with Gasteiger partial charge in [-0.3, -0.25) is 4.79 Å². The van der Waals surface area contributed by atoms with Crippen LogP contribution in [-0.2, 0) is 11.3 Å². The third-order valence-electron chi connectivity index (χ3n) is 4.45. The molecule has 2 aromatic rings. The topological polar surface area (TPSA) is 38.8 Å². The summed E-state index contributed by atoms with van der Waals surface area (Å²) in [4.78, 5) is 13.7. The van der Waals surface area contributed by atoms with E-state index in [-0.39, 0.29) is 18.7 Å². The van der Waals surface area contributed by atoms with Crippen LogP contribution >= 0.6 is 0 Å². The summed E-state index contributed by atoms with van der Waals surface area (Å²) < 4.78 is 60.5. The summed E-state index contributed by atoms with van der Waals surface area (Å²) in [6.07, 6.45) is -6.41. The van der Waals surface area contributed by atoms with Crippen molar-refractivity contribution in [2.24, 2.45) is 0 Å². The van der Waals surface area contributed by atoms with E-state index in [9.17, 15) is 22.4 Å². The van der Waals surface area contributed by atoms with Crippen LogP contribution in [0.25, 0.3) is 0 Å². The largest absolute Gasteiger partial charge is 0.573 e. The van der Waals surface area contributed by atoms with Crippen molar-refractivity contribution < 1.29 is 31.8 Å². The Balaban J connectivity index is 1.82. The zero-order valence-electron chi connectivity index (χ0n) is 15.1. The quantitative estimate of drug-likeness (QED) is 0.658. The van der Waals surface area contributed by atoms with Crippen molar-refractivity contribution in [1.29, 1.82) is 0 Å². The number of hydrogen-bond acceptors (Lipinski definition) is 3. The minimum absolute atomic E-state index is 0.00180. The van der Waals surface area contributed by atoms with Crippen molar-refractivity contribution in [3.05, 3.63) is 59.7 Å². The number of hydrogen-bond donors (Lipinski definition) is 0. The predicted octanol–water partition coefficient (Wildman–Crippen LogP) is 4.80. The zero-order chi connectivity index (χ0) is 20.3. The van der Waals surface area contributed by atoms with E-state index in [2.05, 4.69) is 4.74 Å². The van der Waals surface area contributed by atoms with Gasteiger partial charge in [0.1, 0.15) is 11.5 Å². The Morgan fingerprint density at radius 3 is 2.43 bits per heavy atom. The molecule has 2 aromatic carbocycles. The number of rotatable bonds is 6. The Kier molecular flexibility index (Phi) is 5.76. The average molecular weight is 397 g/mol. The summed E-state index contributed by atoms with van der Waals surface area (Å²) in [7, 11) is 0. The smallest absolute Gasteiger partial charge is 0.494 e. The maximum absolute atomic E-state index is 14.2. The molecule has 4 nitrogen and oxygen atoms in total. The molecule has 0 aromatic heterocycles. The lowest BCUT2D eigenvalue weighted by atomic mass is 10.0. The van der Waals surface area contributed by atoms with Crippen LogP contribution in [0.3, 0.4) is 0 Å². The lowest BCUT2D eigenvalue weighted by Crippen LogP contribution is -2.29. The van der Waals surface area contributed by atoms with Gasteiger partial charge in [-0.2, -0.15) is 0 Å². The van der Waals surface area contributed by atoms with Crippen molar-refractivity contribution >= 4 is 5.91 Å². The summed E-state index contributed by atoms with van der Waals surface area (Å²) >= 11 is 0. The number of carbonyl (C=O) groups excluding carboxylic acids is 1. The average Bonchev–Trinajstić information content (AvgIpc) is 2.91. The van der Waals surface area contributed by atoms with Crippen LogP contribution in [-0.4, -0.2) is 29.9 Å². The molecule has 0 saturated carbocycles. The molecule has 3 rings (SSSR count). The molecule has 150 valence electrons. The van der Waals surface area contributed by atoms with Gasteiger partial charge in [-0.05, 0) is 30.7 Å². The molecule has 1 fully saturated rings. The van der Waals surface area contributed by atoms with Crippen LogP contribution in [0.2, 0.25) is 0 Å². The number of ether oxygens (including phenoxy) is 2.